The van der Waals surface area contributed by atoms with Crippen LogP contribution in [0.25, 0.3) is 10.8 Å². The summed E-state index contributed by atoms with van der Waals surface area (Å²) in [6.45, 7) is 5.96. The minimum atomic E-state index is 0.400. The molecular formula is C18H24N2O. The zero-order valence-corrected chi connectivity index (χ0v) is 12.6. The van der Waals surface area contributed by atoms with Crippen molar-refractivity contribution in [2.75, 3.05) is 19.6 Å². The van der Waals surface area contributed by atoms with E-state index in [1.807, 2.05) is 24.3 Å². The summed E-state index contributed by atoms with van der Waals surface area (Å²) in [5.74, 6) is 1.67. The highest BCUT2D eigenvalue weighted by Crippen LogP contribution is 2.30. The molecule has 0 spiro atoms. The molecule has 0 amide bonds. The van der Waals surface area contributed by atoms with E-state index in [1.165, 1.54) is 11.8 Å². The molecule has 1 heterocycles. The van der Waals surface area contributed by atoms with Gasteiger partial charge in [0.2, 0.25) is 0 Å². The Hall–Kier alpha value is -1.58. The summed E-state index contributed by atoms with van der Waals surface area (Å²) in [4.78, 5) is 2.43. The molecule has 0 bridgehead atoms. The van der Waals surface area contributed by atoms with E-state index in [9.17, 15) is 5.11 Å². The predicted octanol–water partition coefficient (Wildman–Crippen LogP) is 2.96. The summed E-state index contributed by atoms with van der Waals surface area (Å²) in [7, 11) is 0. The number of hydrogen-bond acceptors (Lipinski definition) is 3. The zero-order chi connectivity index (χ0) is 14.8. The lowest BCUT2D eigenvalue weighted by atomic mass is 9.87. The van der Waals surface area contributed by atoms with Gasteiger partial charge >= 0.3 is 0 Å². The largest absolute Gasteiger partial charge is 0.508 e. The van der Waals surface area contributed by atoms with Crippen LogP contribution in [0.1, 0.15) is 18.9 Å². The van der Waals surface area contributed by atoms with Crippen molar-refractivity contribution in [1.82, 2.24) is 4.90 Å². The number of likely N-dealkylation sites (tertiary alicyclic amines) is 1. The minimum absolute atomic E-state index is 0.400. The molecule has 3 nitrogen and oxygen atoms in total. The topological polar surface area (TPSA) is 49.5 Å². The van der Waals surface area contributed by atoms with E-state index in [0.717, 1.165) is 37.1 Å². The normalized spacial score (nSPS) is 23.5. The van der Waals surface area contributed by atoms with Gasteiger partial charge in [0.25, 0.3) is 0 Å². The molecule has 21 heavy (non-hydrogen) atoms. The van der Waals surface area contributed by atoms with Crippen LogP contribution in [0, 0.1) is 11.8 Å². The van der Waals surface area contributed by atoms with Crippen molar-refractivity contribution in [2.45, 2.75) is 19.9 Å². The highest BCUT2D eigenvalue weighted by atomic mass is 16.3. The number of fused-ring (bicyclic) bond motifs is 1. The maximum Gasteiger partial charge on any atom is 0.120 e. The molecule has 3 rings (SSSR count). The van der Waals surface area contributed by atoms with Gasteiger partial charge in [0, 0.05) is 18.7 Å². The fourth-order valence-electron chi connectivity index (χ4n) is 3.39. The van der Waals surface area contributed by atoms with Crippen molar-refractivity contribution < 1.29 is 5.11 Å². The summed E-state index contributed by atoms with van der Waals surface area (Å²) in [5.41, 5.74) is 6.93. The Labute approximate surface area is 126 Å². The van der Waals surface area contributed by atoms with Crippen LogP contribution in [0.5, 0.6) is 5.75 Å². The molecule has 2 unspecified atom stereocenters. The summed E-state index contributed by atoms with van der Waals surface area (Å²) in [6, 6.07) is 12.1. The molecule has 0 aliphatic carbocycles. The molecule has 3 heteroatoms. The van der Waals surface area contributed by atoms with Crippen LogP contribution in [0.4, 0.5) is 0 Å². The predicted molar refractivity (Wildman–Crippen MR) is 87.2 cm³/mol. The average molecular weight is 284 g/mol. The van der Waals surface area contributed by atoms with Gasteiger partial charge in [-0.1, -0.05) is 37.3 Å². The molecular weight excluding hydrogens is 260 g/mol. The number of phenols is 1. The molecule has 2 aromatic carbocycles. The van der Waals surface area contributed by atoms with E-state index in [0.29, 0.717) is 17.6 Å². The van der Waals surface area contributed by atoms with Crippen LogP contribution in [-0.4, -0.2) is 29.6 Å². The third kappa shape index (κ3) is 2.89. The number of aromatic hydroxyl groups is 1. The lowest BCUT2D eigenvalue weighted by Crippen LogP contribution is -2.42. The Morgan fingerprint density at radius 1 is 1.24 bits per heavy atom. The van der Waals surface area contributed by atoms with E-state index in [-0.39, 0.29) is 0 Å². The third-order valence-corrected chi connectivity index (χ3v) is 4.90. The molecule has 1 aliphatic rings. The van der Waals surface area contributed by atoms with Crippen LogP contribution in [0.3, 0.4) is 0 Å². The van der Waals surface area contributed by atoms with Crippen LogP contribution < -0.4 is 5.73 Å². The van der Waals surface area contributed by atoms with Crippen molar-refractivity contribution >= 4 is 10.8 Å². The van der Waals surface area contributed by atoms with Crippen molar-refractivity contribution in [2.24, 2.45) is 17.6 Å². The van der Waals surface area contributed by atoms with Gasteiger partial charge in [0.1, 0.15) is 5.75 Å². The standard InChI is InChI=1S/C18H24N2O/c1-13-8-9-20(11-15(13)10-19)12-17-16-5-3-2-4-14(16)6-7-18(17)21/h2-7,13,15,21H,8-12,19H2,1H3. The molecule has 1 fully saturated rings. The smallest absolute Gasteiger partial charge is 0.120 e. The maximum atomic E-state index is 10.3. The average Bonchev–Trinajstić information content (AvgIpc) is 2.52. The van der Waals surface area contributed by atoms with Crippen molar-refractivity contribution in [3.63, 3.8) is 0 Å². The first-order chi connectivity index (χ1) is 10.2. The van der Waals surface area contributed by atoms with Gasteiger partial charge in [-0.25, -0.2) is 0 Å². The monoisotopic (exact) mass is 284 g/mol. The number of piperidine rings is 1. The highest BCUT2D eigenvalue weighted by molar-refractivity contribution is 5.87. The summed E-state index contributed by atoms with van der Waals surface area (Å²) in [6.07, 6.45) is 1.19. The molecule has 2 aromatic rings. The minimum Gasteiger partial charge on any atom is -0.508 e. The van der Waals surface area contributed by atoms with Crippen LogP contribution in [-0.2, 0) is 6.54 Å². The number of rotatable bonds is 3. The van der Waals surface area contributed by atoms with Gasteiger partial charge in [-0.15, -0.1) is 0 Å². The Bertz CT molecular complexity index is 626. The quantitative estimate of drug-likeness (QED) is 0.911. The molecule has 0 radical (unpaired) electrons. The SMILES string of the molecule is CC1CCN(Cc2c(O)ccc3ccccc23)CC1CN. The van der Waals surface area contributed by atoms with E-state index >= 15 is 0 Å². The maximum absolute atomic E-state index is 10.3. The van der Waals surface area contributed by atoms with E-state index in [4.69, 9.17) is 5.73 Å². The van der Waals surface area contributed by atoms with Crippen molar-refractivity contribution in [1.29, 1.82) is 0 Å². The molecule has 1 saturated heterocycles. The fourth-order valence-corrected chi connectivity index (χ4v) is 3.39. The zero-order valence-electron chi connectivity index (χ0n) is 12.6. The summed E-state index contributed by atoms with van der Waals surface area (Å²) < 4.78 is 0. The first-order valence-corrected chi connectivity index (χ1v) is 7.81. The van der Waals surface area contributed by atoms with Crippen molar-refractivity contribution in [3.8, 4) is 5.75 Å². The number of hydrogen-bond donors (Lipinski definition) is 2. The van der Waals surface area contributed by atoms with Crippen LogP contribution in [0.15, 0.2) is 36.4 Å². The first-order valence-electron chi connectivity index (χ1n) is 7.81. The van der Waals surface area contributed by atoms with E-state index < -0.39 is 0 Å². The second-order valence-corrected chi connectivity index (χ2v) is 6.28. The summed E-state index contributed by atoms with van der Waals surface area (Å²) in [5, 5.41) is 12.6. The fraction of sp³-hybridized carbons (Fsp3) is 0.444. The Kier molecular flexibility index (Phi) is 4.13. The van der Waals surface area contributed by atoms with Crippen molar-refractivity contribution in [3.05, 3.63) is 42.0 Å². The number of nitrogens with zero attached hydrogens (tertiary/aromatic N) is 1. The van der Waals surface area contributed by atoms with Gasteiger partial charge in [-0.3, -0.25) is 4.90 Å². The Balaban J connectivity index is 1.86. The first kappa shape index (κ1) is 14.4. The Morgan fingerprint density at radius 3 is 2.86 bits per heavy atom. The molecule has 2 atom stereocenters. The highest BCUT2D eigenvalue weighted by Gasteiger charge is 2.25. The third-order valence-electron chi connectivity index (χ3n) is 4.90. The van der Waals surface area contributed by atoms with Gasteiger partial charge in [0.15, 0.2) is 0 Å². The van der Waals surface area contributed by atoms with Gasteiger partial charge in [-0.05, 0) is 48.2 Å². The van der Waals surface area contributed by atoms with Gasteiger partial charge in [0.05, 0.1) is 0 Å². The number of nitrogens with two attached hydrogens (primary N) is 1. The van der Waals surface area contributed by atoms with Crippen LogP contribution >= 0.6 is 0 Å². The second-order valence-electron chi connectivity index (χ2n) is 6.28. The lowest BCUT2D eigenvalue weighted by molar-refractivity contribution is 0.126. The Morgan fingerprint density at radius 2 is 2.05 bits per heavy atom. The molecule has 1 aliphatic heterocycles. The van der Waals surface area contributed by atoms with Crippen LogP contribution in [0.2, 0.25) is 0 Å². The van der Waals surface area contributed by atoms with Gasteiger partial charge in [-0.2, -0.15) is 0 Å². The number of phenolic OH excluding ortho intramolecular Hbond substituents is 1. The molecule has 3 N–H and O–H groups in total. The number of benzene rings is 2. The van der Waals surface area contributed by atoms with E-state index in [1.54, 1.807) is 0 Å². The summed E-state index contributed by atoms with van der Waals surface area (Å²) >= 11 is 0. The molecule has 112 valence electrons. The molecule has 0 aromatic heterocycles. The lowest BCUT2D eigenvalue weighted by Gasteiger charge is -2.36. The second kappa shape index (κ2) is 6.04. The van der Waals surface area contributed by atoms with E-state index in [2.05, 4.69) is 24.0 Å². The van der Waals surface area contributed by atoms with Gasteiger partial charge < -0.3 is 10.8 Å². The molecule has 0 saturated carbocycles.